The van der Waals surface area contributed by atoms with Crippen LogP contribution >= 0.6 is 0 Å². The monoisotopic (exact) mass is 1320 g/mol. The summed E-state index contributed by atoms with van der Waals surface area (Å²) in [6.07, 6.45) is 19.3. The van der Waals surface area contributed by atoms with Gasteiger partial charge in [0.25, 0.3) is 0 Å². The van der Waals surface area contributed by atoms with Gasteiger partial charge in [-0.1, -0.05) is 64.5 Å². The summed E-state index contributed by atoms with van der Waals surface area (Å²) in [6, 6.07) is 0.304. The van der Waals surface area contributed by atoms with Gasteiger partial charge in [0.05, 0.1) is 18.9 Å². The number of allylic oxidation sites excluding steroid dienone is 5. The Hall–Kier alpha value is -4.03. The van der Waals surface area contributed by atoms with E-state index >= 15 is 0 Å². The number of carbonyl (C=O) groups excluding carboxylic acids is 6. The van der Waals surface area contributed by atoms with Crippen molar-refractivity contribution in [2.45, 2.75) is 287 Å². The van der Waals surface area contributed by atoms with Gasteiger partial charge < -0.3 is 75.4 Å². The first-order valence-electron chi connectivity index (χ1n) is 30.4. The number of rotatable bonds is 11. The number of hydroxylamine groups is 2. The van der Waals surface area contributed by atoms with Crippen LogP contribution in [-0.4, -0.2) is 156 Å². The van der Waals surface area contributed by atoms with Crippen molar-refractivity contribution in [3.63, 3.8) is 0 Å². The Morgan fingerprint density at radius 1 is 0.500 bits per heavy atom. The summed E-state index contributed by atoms with van der Waals surface area (Å²) in [5, 5.41) is 27.2. The van der Waals surface area contributed by atoms with Gasteiger partial charge >= 0.3 is 53.3 Å². The molecular weight excluding hydrogens is 1200 g/mol. The van der Waals surface area contributed by atoms with Gasteiger partial charge in [0.1, 0.15) is 16.8 Å². The minimum atomic E-state index is -0.777. The number of hydrogen-bond acceptors (Lipinski definition) is 14. The molecule has 505 valence electrons. The average molecular weight is 1320 g/mol. The van der Waals surface area contributed by atoms with Crippen molar-refractivity contribution in [3.8, 4) is 0 Å². The Morgan fingerprint density at radius 3 is 1.02 bits per heavy atom. The van der Waals surface area contributed by atoms with Gasteiger partial charge in [0.2, 0.25) is 5.91 Å². The Kier molecular flexibility index (Phi) is 49.5. The van der Waals surface area contributed by atoms with E-state index in [0.29, 0.717) is 32.1 Å². The van der Waals surface area contributed by atoms with Gasteiger partial charge in [0.15, 0.2) is 11.6 Å². The van der Waals surface area contributed by atoms with Gasteiger partial charge in [-0.2, -0.15) is 0 Å². The van der Waals surface area contributed by atoms with Crippen molar-refractivity contribution < 1.29 is 86.0 Å². The molecule has 20 nitrogen and oxygen atoms in total. The van der Waals surface area contributed by atoms with E-state index in [1.165, 1.54) is 12.2 Å². The first-order chi connectivity index (χ1) is 38.7. The van der Waals surface area contributed by atoms with E-state index in [-0.39, 0.29) is 135 Å². The molecule has 5 aliphatic carbocycles. The standard InChI is InChI=1S/C16H27NO3.C14H26N2O4.C12H21NO4.C11H19NO.C7H13NO2.C4H7.CH4.B.BrH.Mg.H2/c1-11(2)9-14(18)12-7-6-8-13(10-12)17-15(19)20-16(3,4)5;1-14(2,3)20-13(18)15-11-8-6-7-10(9-11)12(17)16(4)19-5;1-12(2,3)17-11(16)13-9-6-4-5-8(7-9)10(14)15;1-8(2)6-11(13)9-4-3-5-10(12)7-9;8-6-3-1-2-5(4-6)7(9)10;1-4(2)3;;;;;/h9,12-13H,6-8,10H2,1-5H3,(H,17,19);10-11H,6-9H2,1-5H3,(H,15,18);8-9H,4-7H2,1-3H3,(H,13,16)(H,14,15);6,9-10H,3-5,7,12H2,1-2H3;5-6H,1-4,8H2,(H,9,10);1H,2-3H3;1H4;;1H;;1H/q;;;;;-1;;;;+2;/p-1/t12-,13+;10-,11+;8-,9+;9-,10+;5-,6+;;;;;;/m00000....../s1/i;;;;;;;;;;1+1. The molecule has 0 saturated heterocycles. The van der Waals surface area contributed by atoms with Crippen LogP contribution in [0.15, 0.2) is 28.9 Å². The van der Waals surface area contributed by atoms with Crippen LogP contribution in [0.4, 0.5) is 14.4 Å². The van der Waals surface area contributed by atoms with E-state index in [4.69, 9.17) is 47.3 Å². The van der Waals surface area contributed by atoms with Crippen molar-refractivity contribution >= 4 is 79.2 Å². The maximum Gasteiger partial charge on any atom is 2.00 e. The average Bonchev–Trinajstić information content (AvgIpc) is 3.57. The molecule has 5 fully saturated rings. The fourth-order valence-corrected chi connectivity index (χ4v) is 10.2. The molecule has 0 unspecified atom stereocenters. The van der Waals surface area contributed by atoms with Crippen LogP contribution in [0.2, 0.25) is 0 Å². The second-order valence-corrected chi connectivity index (χ2v) is 26.9. The van der Waals surface area contributed by atoms with Gasteiger partial charge in [-0.25, -0.2) is 19.4 Å². The molecule has 0 spiro atoms. The summed E-state index contributed by atoms with van der Waals surface area (Å²) in [6.45, 7) is 32.9. The van der Waals surface area contributed by atoms with Gasteiger partial charge in [-0.05, 0) is 198 Å². The molecule has 0 heterocycles. The van der Waals surface area contributed by atoms with Gasteiger partial charge in [-0.15, -0.1) is 0 Å². The third-order valence-corrected chi connectivity index (χ3v) is 13.9. The largest absolute Gasteiger partial charge is 2.00 e. The maximum atomic E-state index is 12.0. The number of nitrogens with one attached hydrogen (secondary N) is 3. The summed E-state index contributed by atoms with van der Waals surface area (Å²) < 4.78 is 15.6. The zero-order valence-corrected chi connectivity index (χ0v) is 59.2. The number of carbonyl (C=O) groups is 8. The number of ketones is 2. The minimum Gasteiger partial charge on any atom is -1.00 e. The Morgan fingerprint density at radius 2 is 0.750 bits per heavy atom. The van der Waals surface area contributed by atoms with E-state index in [0.717, 1.165) is 113 Å². The number of amides is 4. The predicted molar refractivity (Wildman–Crippen MR) is 349 cm³/mol. The number of carboxylic acid groups (broad SMARTS) is 2. The van der Waals surface area contributed by atoms with E-state index in [2.05, 4.69) is 16.0 Å². The Labute approximate surface area is 560 Å². The minimum absolute atomic E-state index is 0. The molecule has 10 atom stereocenters. The summed E-state index contributed by atoms with van der Waals surface area (Å²) in [4.78, 5) is 97.0. The van der Waals surface area contributed by atoms with Gasteiger partial charge in [0, 0.05) is 64.9 Å². The van der Waals surface area contributed by atoms with Gasteiger partial charge in [-0.3, -0.25) is 34.4 Å². The van der Waals surface area contributed by atoms with Crippen molar-refractivity contribution in [2.75, 3.05) is 14.2 Å². The van der Waals surface area contributed by atoms with E-state index in [1.807, 2.05) is 83.1 Å². The van der Waals surface area contributed by atoms with Crippen LogP contribution in [0, 0.1) is 36.2 Å². The second kappa shape index (κ2) is 46.9. The van der Waals surface area contributed by atoms with Crippen LogP contribution in [0.25, 0.3) is 0 Å². The fourth-order valence-electron chi connectivity index (χ4n) is 10.2. The molecule has 5 saturated carbocycles. The number of ether oxygens (including phenoxy) is 3. The first kappa shape index (κ1) is 92.7. The second-order valence-electron chi connectivity index (χ2n) is 26.9. The molecule has 0 aromatic heterocycles. The van der Waals surface area contributed by atoms with Crippen LogP contribution in [0.1, 0.15) is 241 Å². The Balaban J connectivity index is -0.000000238. The summed E-state index contributed by atoms with van der Waals surface area (Å²) in [7, 11) is 3.07. The number of hydrogen-bond donors (Lipinski definition) is 7. The number of nitrogens with two attached hydrogens (primary N) is 2. The maximum absolute atomic E-state index is 12.0. The third-order valence-electron chi connectivity index (χ3n) is 13.9. The van der Waals surface area contributed by atoms with E-state index in [1.54, 1.807) is 40.0 Å². The predicted octanol–water partition coefficient (Wildman–Crippen LogP) is 8.99. The quantitative estimate of drug-likeness (QED) is 0.0334. The molecule has 0 aromatic rings. The molecule has 0 aromatic carbocycles. The zero-order chi connectivity index (χ0) is 64.7. The molecule has 0 aliphatic heterocycles. The SMILES string of the molecule is C.CC(C)(C)OC(=O)N[C@@H]1CCC[C@H](C(=O)O)C1.CC(C)=CC(=O)[C@H]1CCC[C@@H](N)C1.CC(C)=CC(=O)[C@H]1CCC[C@@H](NC(=O)OC(C)(C)C)C1.CON(C)C(=O)[C@H]1CCC[C@@H](NC(=O)OC(C)(C)C)C1.N[C@@H]1CCC[C@H](C(=O)O)C1.[2HH].[B].[Br-].[CH-]=C(C)C.[Mg+2]. The van der Waals surface area contributed by atoms with Crippen LogP contribution in [0.5, 0.6) is 0 Å². The molecule has 9 N–H and O–H groups in total. The molecule has 3 radical (unpaired) electrons. The Bertz CT molecular complexity index is 2160. The summed E-state index contributed by atoms with van der Waals surface area (Å²) in [5.74, 6) is -1.45. The molecule has 4 amide bonds. The number of halogens is 1. The number of nitrogens with zero attached hydrogens (tertiary/aromatic N) is 1. The molecule has 5 rings (SSSR count). The molecule has 0 bridgehead atoms. The number of alkyl carbamates (subject to hydrolysis) is 3. The molecule has 5 aliphatic rings. The zero-order valence-electron chi connectivity index (χ0n) is 56.2. The van der Waals surface area contributed by atoms with Crippen LogP contribution in [-0.2, 0) is 43.0 Å². The molecule has 23 heteroatoms. The summed E-state index contributed by atoms with van der Waals surface area (Å²) >= 11 is 0. The number of aliphatic carboxylic acids is 2. The normalized spacial score (nSPS) is 23.6. The van der Waals surface area contributed by atoms with Crippen LogP contribution in [0.3, 0.4) is 0 Å². The first-order valence-corrected chi connectivity index (χ1v) is 30.4. The number of carboxylic acids is 2. The van der Waals surface area contributed by atoms with Crippen molar-refractivity contribution in [1.29, 1.82) is 0 Å². The van der Waals surface area contributed by atoms with Crippen molar-refractivity contribution in [1.82, 2.24) is 21.0 Å². The molecule has 88 heavy (non-hydrogen) atoms. The van der Waals surface area contributed by atoms with E-state index < -0.39 is 47.0 Å². The van der Waals surface area contributed by atoms with Crippen LogP contribution < -0.4 is 44.4 Å². The smallest absolute Gasteiger partial charge is 1.00 e. The third kappa shape index (κ3) is 47.0. The fraction of sp³-hybridized carbons (Fsp3) is 0.785. The topological polar surface area (TPSA) is 305 Å². The van der Waals surface area contributed by atoms with Crippen molar-refractivity contribution in [3.05, 3.63) is 35.5 Å². The van der Waals surface area contributed by atoms with E-state index in [9.17, 15) is 38.4 Å². The van der Waals surface area contributed by atoms with Crippen molar-refractivity contribution in [2.24, 2.45) is 41.1 Å². The summed E-state index contributed by atoms with van der Waals surface area (Å²) in [5.41, 5.74) is 12.9. The molecular formula is C65H119BBrMgN6O14.